The Balaban J connectivity index is 1.89. The minimum Gasteiger partial charge on any atom is -0.344 e. The SMILES string of the molecule is Cc1ccc(C(NC(=O)CN(c2ccc(F)c(Cl)c2)S(C)(=O)=O)c2ccccc2)cc1. The first-order chi connectivity index (χ1) is 14.6. The molecule has 5 nitrogen and oxygen atoms in total. The number of halogens is 2. The second-order valence-electron chi connectivity index (χ2n) is 7.19. The molecule has 0 aliphatic rings. The Morgan fingerprint density at radius 3 is 2.23 bits per heavy atom. The molecular formula is C23H22ClFN2O3S. The van der Waals surface area contributed by atoms with E-state index in [0.717, 1.165) is 33.3 Å². The summed E-state index contributed by atoms with van der Waals surface area (Å²) in [4.78, 5) is 12.9. The zero-order valence-corrected chi connectivity index (χ0v) is 18.6. The molecule has 0 fully saturated rings. The fraction of sp³-hybridized carbons (Fsp3) is 0.174. The number of carbonyl (C=O) groups is 1. The molecule has 162 valence electrons. The Morgan fingerprint density at radius 2 is 1.65 bits per heavy atom. The van der Waals surface area contributed by atoms with Crippen molar-refractivity contribution in [3.63, 3.8) is 0 Å². The number of nitrogens with zero attached hydrogens (tertiary/aromatic N) is 1. The summed E-state index contributed by atoms with van der Waals surface area (Å²) >= 11 is 5.80. The number of hydrogen-bond donors (Lipinski definition) is 1. The predicted molar refractivity (Wildman–Crippen MR) is 121 cm³/mol. The van der Waals surface area contributed by atoms with Crippen LogP contribution in [0.15, 0.2) is 72.8 Å². The quantitative estimate of drug-likeness (QED) is 0.566. The molecule has 0 saturated heterocycles. The molecular weight excluding hydrogens is 439 g/mol. The smallest absolute Gasteiger partial charge is 0.241 e. The molecule has 0 bridgehead atoms. The van der Waals surface area contributed by atoms with Gasteiger partial charge in [0.25, 0.3) is 0 Å². The van der Waals surface area contributed by atoms with Crippen LogP contribution in [0, 0.1) is 12.7 Å². The Kier molecular flexibility index (Phi) is 6.97. The summed E-state index contributed by atoms with van der Waals surface area (Å²) in [6.45, 7) is 1.49. The van der Waals surface area contributed by atoms with Crippen molar-refractivity contribution in [2.75, 3.05) is 17.1 Å². The number of amides is 1. The third-order valence-electron chi connectivity index (χ3n) is 4.73. The van der Waals surface area contributed by atoms with Crippen molar-refractivity contribution >= 4 is 33.2 Å². The molecule has 0 aromatic heterocycles. The fourth-order valence-electron chi connectivity index (χ4n) is 3.14. The highest BCUT2D eigenvalue weighted by Gasteiger charge is 2.24. The highest BCUT2D eigenvalue weighted by Crippen LogP contribution is 2.25. The lowest BCUT2D eigenvalue weighted by molar-refractivity contribution is -0.120. The molecule has 0 saturated carbocycles. The number of sulfonamides is 1. The first kappa shape index (κ1) is 22.8. The van der Waals surface area contributed by atoms with Gasteiger partial charge >= 0.3 is 0 Å². The van der Waals surface area contributed by atoms with E-state index in [1.807, 2.05) is 61.5 Å². The van der Waals surface area contributed by atoms with Gasteiger partial charge in [-0.15, -0.1) is 0 Å². The third kappa shape index (κ3) is 5.83. The average molecular weight is 461 g/mol. The lowest BCUT2D eigenvalue weighted by atomic mass is 9.98. The molecule has 1 amide bonds. The molecule has 0 aliphatic carbocycles. The second kappa shape index (κ2) is 9.49. The molecule has 0 radical (unpaired) electrons. The normalized spacial score (nSPS) is 12.3. The van der Waals surface area contributed by atoms with Gasteiger partial charge in [0, 0.05) is 0 Å². The molecule has 0 heterocycles. The molecule has 1 atom stereocenters. The number of hydrogen-bond acceptors (Lipinski definition) is 3. The minimum absolute atomic E-state index is 0.107. The van der Waals surface area contributed by atoms with Crippen molar-refractivity contribution in [3.8, 4) is 0 Å². The standard InChI is InChI=1S/C23H22ClFN2O3S/c1-16-8-10-18(11-9-16)23(17-6-4-3-5-7-17)26-22(28)15-27(31(2,29)30)19-12-13-21(25)20(24)14-19/h3-14,23H,15H2,1-2H3,(H,26,28). The van der Waals surface area contributed by atoms with Crippen molar-refractivity contribution in [1.82, 2.24) is 5.32 Å². The Hall–Kier alpha value is -2.90. The predicted octanol–water partition coefficient (Wildman–Crippen LogP) is 4.46. The molecule has 3 aromatic carbocycles. The van der Waals surface area contributed by atoms with Crippen LogP contribution in [0.2, 0.25) is 5.02 Å². The van der Waals surface area contributed by atoms with Crippen LogP contribution in [0.1, 0.15) is 22.7 Å². The number of carbonyl (C=O) groups excluding carboxylic acids is 1. The van der Waals surface area contributed by atoms with Crippen LogP contribution >= 0.6 is 11.6 Å². The summed E-state index contributed by atoms with van der Waals surface area (Å²) < 4.78 is 39.1. The van der Waals surface area contributed by atoms with Crippen molar-refractivity contribution in [1.29, 1.82) is 0 Å². The van der Waals surface area contributed by atoms with Gasteiger partial charge in [-0.1, -0.05) is 71.8 Å². The lowest BCUT2D eigenvalue weighted by Crippen LogP contribution is -2.41. The fourth-order valence-corrected chi connectivity index (χ4v) is 4.16. The van der Waals surface area contributed by atoms with E-state index < -0.39 is 34.3 Å². The number of nitrogens with one attached hydrogen (secondary N) is 1. The molecule has 3 rings (SSSR count). The molecule has 1 N–H and O–H groups in total. The maximum atomic E-state index is 13.5. The zero-order valence-electron chi connectivity index (χ0n) is 17.0. The van der Waals surface area contributed by atoms with E-state index in [9.17, 15) is 17.6 Å². The number of anilines is 1. The van der Waals surface area contributed by atoms with Gasteiger partial charge in [0.1, 0.15) is 12.4 Å². The summed E-state index contributed by atoms with van der Waals surface area (Å²) in [7, 11) is -3.82. The van der Waals surface area contributed by atoms with E-state index in [1.54, 1.807) is 0 Å². The van der Waals surface area contributed by atoms with Gasteiger partial charge in [0.2, 0.25) is 15.9 Å². The molecule has 8 heteroatoms. The number of rotatable bonds is 7. The van der Waals surface area contributed by atoms with Gasteiger partial charge in [-0.05, 0) is 36.2 Å². The maximum absolute atomic E-state index is 13.5. The largest absolute Gasteiger partial charge is 0.344 e. The van der Waals surface area contributed by atoms with Crippen LogP contribution < -0.4 is 9.62 Å². The number of benzene rings is 3. The van der Waals surface area contributed by atoms with Crippen LogP contribution in [-0.4, -0.2) is 27.1 Å². The van der Waals surface area contributed by atoms with E-state index in [2.05, 4.69) is 5.32 Å². The van der Waals surface area contributed by atoms with Crippen molar-refractivity contribution < 1.29 is 17.6 Å². The first-order valence-electron chi connectivity index (χ1n) is 9.49. The Morgan fingerprint density at radius 1 is 1.03 bits per heavy atom. The molecule has 3 aromatic rings. The highest BCUT2D eigenvalue weighted by molar-refractivity contribution is 7.92. The van der Waals surface area contributed by atoms with Gasteiger partial charge in [0.15, 0.2) is 0 Å². The molecule has 31 heavy (non-hydrogen) atoms. The van der Waals surface area contributed by atoms with E-state index in [4.69, 9.17) is 11.6 Å². The summed E-state index contributed by atoms with van der Waals surface area (Å²) in [6, 6.07) is 20.2. The first-order valence-corrected chi connectivity index (χ1v) is 11.7. The van der Waals surface area contributed by atoms with Gasteiger partial charge in [0.05, 0.1) is 23.0 Å². The van der Waals surface area contributed by atoms with Gasteiger partial charge < -0.3 is 5.32 Å². The highest BCUT2D eigenvalue weighted by atomic mass is 35.5. The Bertz CT molecular complexity index is 1170. The summed E-state index contributed by atoms with van der Waals surface area (Å²) in [5.74, 6) is -1.19. The number of aryl methyl sites for hydroxylation is 1. The van der Waals surface area contributed by atoms with E-state index >= 15 is 0 Å². The topological polar surface area (TPSA) is 66.5 Å². The zero-order chi connectivity index (χ0) is 22.6. The van der Waals surface area contributed by atoms with E-state index in [-0.39, 0.29) is 10.7 Å². The summed E-state index contributed by atoms with van der Waals surface area (Å²) in [6.07, 6.45) is 0.978. The maximum Gasteiger partial charge on any atom is 0.241 e. The van der Waals surface area contributed by atoms with E-state index in [1.165, 1.54) is 12.1 Å². The third-order valence-corrected chi connectivity index (χ3v) is 6.16. The summed E-state index contributed by atoms with van der Waals surface area (Å²) in [5.41, 5.74) is 2.91. The molecule has 0 aliphatic heterocycles. The van der Waals surface area contributed by atoms with Crippen LogP contribution in [0.4, 0.5) is 10.1 Å². The average Bonchev–Trinajstić information content (AvgIpc) is 2.73. The van der Waals surface area contributed by atoms with Gasteiger partial charge in [-0.25, -0.2) is 12.8 Å². The van der Waals surface area contributed by atoms with Crippen LogP contribution in [0.25, 0.3) is 0 Å². The van der Waals surface area contributed by atoms with Gasteiger partial charge in [-0.3, -0.25) is 9.10 Å². The van der Waals surface area contributed by atoms with Crippen LogP contribution in [0.5, 0.6) is 0 Å². The van der Waals surface area contributed by atoms with Crippen molar-refractivity contribution in [3.05, 3.63) is 100 Å². The Labute approximate surface area is 186 Å². The van der Waals surface area contributed by atoms with Crippen LogP contribution in [-0.2, 0) is 14.8 Å². The summed E-state index contributed by atoms with van der Waals surface area (Å²) in [5, 5.41) is 2.69. The van der Waals surface area contributed by atoms with Crippen molar-refractivity contribution in [2.45, 2.75) is 13.0 Å². The molecule has 1 unspecified atom stereocenters. The van der Waals surface area contributed by atoms with Gasteiger partial charge in [-0.2, -0.15) is 0 Å². The lowest BCUT2D eigenvalue weighted by Gasteiger charge is -2.25. The minimum atomic E-state index is -3.82. The monoisotopic (exact) mass is 460 g/mol. The van der Waals surface area contributed by atoms with Crippen LogP contribution in [0.3, 0.4) is 0 Å². The van der Waals surface area contributed by atoms with E-state index in [0.29, 0.717) is 0 Å². The molecule has 0 spiro atoms. The second-order valence-corrected chi connectivity index (χ2v) is 9.50. The van der Waals surface area contributed by atoms with Crippen molar-refractivity contribution in [2.24, 2.45) is 0 Å².